The average Bonchev–Trinajstić information content (AvgIpc) is 3.03. The van der Waals surface area contributed by atoms with E-state index in [1.54, 1.807) is 6.07 Å². The van der Waals surface area contributed by atoms with Gasteiger partial charge in [-0.15, -0.1) is 0 Å². The number of halogens is 2. The number of imide groups is 2. The fourth-order valence-corrected chi connectivity index (χ4v) is 2.81. The Morgan fingerprint density at radius 2 is 1.81 bits per heavy atom. The second kappa shape index (κ2) is 6.97. The second-order valence-corrected chi connectivity index (χ2v) is 6.86. The lowest BCUT2D eigenvalue weighted by Gasteiger charge is -2.26. The number of amides is 4. The smallest absolute Gasteiger partial charge is 0.335 e. The molecule has 8 heteroatoms. The van der Waals surface area contributed by atoms with Crippen molar-refractivity contribution in [3.05, 3.63) is 57.8 Å². The summed E-state index contributed by atoms with van der Waals surface area (Å²) in [4.78, 5) is 38.0. The number of anilines is 1. The van der Waals surface area contributed by atoms with E-state index in [9.17, 15) is 14.4 Å². The van der Waals surface area contributed by atoms with Gasteiger partial charge in [0.15, 0.2) is 0 Å². The molecule has 2 heterocycles. The van der Waals surface area contributed by atoms with Gasteiger partial charge >= 0.3 is 6.03 Å². The highest BCUT2D eigenvalue weighted by molar-refractivity contribution is 6.43. The van der Waals surface area contributed by atoms with Crippen LogP contribution < -0.4 is 10.2 Å². The van der Waals surface area contributed by atoms with Crippen LogP contribution in [0.1, 0.15) is 25.5 Å². The molecule has 6 nitrogen and oxygen atoms in total. The summed E-state index contributed by atoms with van der Waals surface area (Å²) in [6, 6.07) is 5.54. The topological polar surface area (TPSA) is 71.4 Å². The number of hydrogen-bond acceptors (Lipinski definition) is 3. The second-order valence-electron chi connectivity index (χ2n) is 6.04. The van der Waals surface area contributed by atoms with E-state index in [0.717, 1.165) is 4.90 Å². The third-order valence-corrected chi connectivity index (χ3v) is 4.65. The highest BCUT2D eigenvalue weighted by atomic mass is 35.5. The van der Waals surface area contributed by atoms with Gasteiger partial charge in [0.2, 0.25) is 0 Å². The number of aromatic nitrogens is 1. The molecule has 2 aromatic rings. The van der Waals surface area contributed by atoms with Gasteiger partial charge in [-0.25, -0.2) is 9.69 Å². The molecule has 0 unspecified atom stereocenters. The third kappa shape index (κ3) is 3.38. The number of urea groups is 1. The Kier molecular flexibility index (Phi) is 4.89. The molecule has 0 atom stereocenters. The Bertz CT molecular complexity index is 947. The zero-order valence-corrected chi connectivity index (χ0v) is 15.5. The number of barbiturate groups is 1. The van der Waals surface area contributed by atoms with Crippen LogP contribution in [-0.2, 0) is 9.59 Å². The first-order valence-corrected chi connectivity index (χ1v) is 8.57. The molecule has 1 N–H and O–H groups in total. The predicted molar refractivity (Wildman–Crippen MR) is 100 cm³/mol. The van der Waals surface area contributed by atoms with Gasteiger partial charge in [-0.3, -0.25) is 14.9 Å². The van der Waals surface area contributed by atoms with Gasteiger partial charge in [0.1, 0.15) is 5.57 Å². The van der Waals surface area contributed by atoms with Crippen molar-refractivity contribution < 1.29 is 14.4 Å². The molecule has 1 saturated heterocycles. The van der Waals surface area contributed by atoms with Gasteiger partial charge in [-0.1, -0.05) is 23.2 Å². The van der Waals surface area contributed by atoms with Gasteiger partial charge in [0.05, 0.1) is 15.7 Å². The molecule has 1 aliphatic heterocycles. The first-order chi connectivity index (χ1) is 12.3. The summed E-state index contributed by atoms with van der Waals surface area (Å²) in [5.74, 6) is -1.47. The monoisotopic (exact) mass is 391 g/mol. The van der Waals surface area contributed by atoms with E-state index in [4.69, 9.17) is 23.2 Å². The lowest BCUT2D eigenvalue weighted by molar-refractivity contribution is -0.122. The number of hydrogen-bond donors (Lipinski definition) is 1. The van der Waals surface area contributed by atoms with Crippen LogP contribution in [0.25, 0.3) is 6.08 Å². The number of nitrogens with one attached hydrogen (secondary N) is 1. The minimum absolute atomic E-state index is 0.142. The van der Waals surface area contributed by atoms with Crippen LogP contribution in [-0.4, -0.2) is 22.4 Å². The standard InChI is InChI=1S/C18H15Cl2N3O3/c1-10(2)22-6-5-11(9-22)7-13-16(24)21-18(26)23(17(13)25)12-3-4-14(19)15(20)8-12/h3-10H,1-2H3,(H,21,24,26)/b13-7-. The normalized spacial score (nSPS) is 16.6. The molecule has 1 aromatic carbocycles. The van der Waals surface area contributed by atoms with E-state index in [1.165, 1.54) is 24.3 Å². The molecule has 0 bridgehead atoms. The SMILES string of the molecule is CC(C)n1ccc(/C=C2/C(=O)NC(=O)N(c3ccc(Cl)c(Cl)c3)C2=O)c1. The first kappa shape index (κ1) is 18.2. The summed E-state index contributed by atoms with van der Waals surface area (Å²) in [6.45, 7) is 4.03. The van der Waals surface area contributed by atoms with Crippen molar-refractivity contribution >= 4 is 52.8 Å². The van der Waals surface area contributed by atoms with E-state index < -0.39 is 17.8 Å². The molecular formula is C18H15Cl2N3O3. The van der Waals surface area contributed by atoms with Crippen LogP contribution in [0.4, 0.5) is 10.5 Å². The van der Waals surface area contributed by atoms with E-state index in [1.807, 2.05) is 30.8 Å². The first-order valence-electron chi connectivity index (χ1n) is 7.82. The van der Waals surface area contributed by atoms with Crippen molar-refractivity contribution in [3.8, 4) is 0 Å². The zero-order chi connectivity index (χ0) is 19.0. The molecule has 26 heavy (non-hydrogen) atoms. The number of benzene rings is 1. The van der Waals surface area contributed by atoms with Crippen molar-refractivity contribution in [2.45, 2.75) is 19.9 Å². The highest BCUT2D eigenvalue weighted by Gasteiger charge is 2.37. The molecule has 1 fully saturated rings. The Morgan fingerprint density at radius 1 is 1.08 bits per heavy atom. The molecule has 0 radical (unpaired) electrons. The van der Waals surface area contributed by atoms with Gasteiger partial charge in [0, 0.05) is 18.4 Å². The van der Waals surface area contributed by atoms with Crippen LogP contribution in [0.15, 0.2) is 42.2 Å². The fourth-order valence-electron chi connectivity index (χ4n) is 2.52. The van der Waals surface area contributed by atoms with Crippen molar-refractivity contribution in [3.63, 3.8) is 0 Å². The summed E-state index contributed by atoms with van der Waals surface area (Å²) in [6.07, 6.45) is 5.12. The molecule has 0 saturated carbocycles. The Balaban J connectivity index is 1.99. The van der Waals surface area contributed by atoms with E-state index >= 15 is 0 Å². The Hall–Kier alpha value is -2.57. The van der Waals surface area contributed by atoms with Crippen molar-refractivity contribution in [2.24, 2.45) is 0 Å². The summed E-state index contributed by atoms with van der Waals surface area (Å²) < 4.78 is 1.94. The summed E-state index contributed by atoms with van der Waals surface area (Å²) in [5.41, 5.74) is 0.762. The van der Waals surface area contributed by atoms with Crippen LogP contribution in [0.5, 0.6) is 0 Å². The Labute approximate surface area is 160 Å². The van der Waals surface area contributed by atoms with E-state index in [-0.39, 0.29) is 22.3 Å². The van der Waals surface area contributed by atoms with Gasteiger partial charge in [-0.2, -0.15) is 0 Å². The molecule has 3 rings (SSSR count). The maximum absolute atomic E-state index is 12.8. The summed E-state index contributed by atoms with van der Waals surface area (Å²) >= 11 is 11.8. The van der Waals surface area contributed by atoms with Crippen LogP contribution in [0, 0.1) is 0 Å². The van der Waals surface area contributed by atoms with Crippen LogP contribution in [0.3, 0.4) is 0 Å². The molecule has 1 aliphatic rings. The average molecular weight is 392 g/mol. The van der Waals surface area contributed by atoms with Crippen LogP contribution in [0.2, 0.25) is 10.0 Å². The third-order valence-electron chi connectivity index (χ3n) is 3.91. The number of carbonyl (C=O) groups excluding carboxylic acids is 3. The molecule has 1 aromatic heterocycles. The van der Waals surface area contributed by atoms with E-state index in [2.05, 4.69) is 5.32 Å². The van der Waals surface area contributed by atoms with Gasteiger partial charge < -0.3 is 4.57 Å². The van der Waals surface area contributed by atoms with Gasteiger partial charge in [0.25, 0.3) is 11.8 Å². The molecule has 0 spiro atoms. The summed E-state index contributed by atoms with van der Waals surface area (Å²) in [5, 5.41) is 2.66. The highest BCUT2D eigenvalue weighted by Crippen LogP contribution is 2.29. The quantitative estimate of drug-likeness (QED) is 0.633. The molecule has 0 aliphatic carbocycles. The van der Waals surface area contributed by atoms with Crippen molar-refractivity contribution in [1.82, 2.24) is 9.88 Å². The number of rotatable bonds is 3. The molecule has 4 amide bonds. The maximum atomic E-state index is 12.8. The minimum atomic E-state index is -0.838. The largest absolute Gasteiger partial charge is 0.351 e. The number of nitrogens with zero attached hydrogens (tertiary/aromatic N) is 2. The van der Waals surface area contributed by atoms with E-state index in [0.29, 0.717) is 10.6 Å². The van der Waals surface area contributed by atoms with Crippen molar-refractivity contribution in [2.75, 3.05) is 4.90 Å². The van der Waals surface area contributed by atoms with Gasteiger partial charge in [-0.05, 0) is 49.8 Å². The zero-order valence-electron chi connectivity index (χ0n) is 14.0. The maximum Gasteiger partial charge on any atom is 0.335 e. The lowest BCUT2D eigenvalue weighted by Crippen LogP contribution is -2.54. The fraction of sp³-hybridized carbons (Fsp3) is 0.167. The van der Waals surface area contributed by atoms with Crippen molar-refractivity contribution in [1.29, 1.82) is 0 Å². The molecular weight excluding hydrogens is 377 g/mol. The molecule has 134 valence electrons. The predicted octanol–water partition coefficient (Wildman–Crippen LogP) is 4.04. The van der Waals surface area contributed by atoms with Crippen LogP contribution >= 0.6 is 23.2 Å². The number of carbonyl (C=O) groups is 3. The Morgan fingerprint density at radius 3 is 2.42 bits per heavy atom. The summed E-state index contributed by atoms with van der Waals surface area (Å²) in [7, 11) is 0. The lowest BCUT2D eigenvalue weighted by atomic mass is 10.1. The minimum Gasteiger partial charge on any atom is -0.351 e.